The van der Waals surface area contributed by atoms with Crippen molar-refractivity contribution < 1.29 is 43.5 Å². The van der Waals surface area contributed by atoms with Gasteiger partial charge in [0.1, 0.15) is 24.2 Å². The lowest BCUT2D eigenvalue weighted by Gasteiger charge is -2.26. The van der Waals surface area contributed by atoms with Crippen LogP contribution in [0.1, 0.15) is 32.3 Å². The average Bonchev–Trinajstić information content (AvgIpc) is 3.05. The highest BCUT2D eigenvalue weighted by Gasteiger charge is 2.30. The second-order valence-corrected chi connectivity index (χ2v) is 12.3. The number of thioether (sulfide) groups is 1. The van der Waals surface area contributed by atoms with Crippen LogP contribution in [0.25, 0.3) is 0 Å². The van der Waals surface area contributed by atoms with Crippen molar-refractivity contribution in [3.8, 4) is 0 Å². The maximum Gasteiger partial charge on any atom is 0.327 e. The zero-order valence-electron chi connectivity index (χ0n) is 27.1. The molecule has 1 aromatic rings. The molecule has 1 aromatic carbocycles. The number of aliphatic carboxylic acids is 1. The summed E-state index contributed by atoms with van der Waals surface area (Å²) in [6.45, 7) is 2.11. The van der Waals surface area contributed by atoms with Crippen LogP contribution < -0.4 is 37.2 Å². The number of carboxylic acids is 1. The molecule has 18 heteroatoms. The van der Waals surface area contributed by atoms with Crippen molar-refractivity contribution in [2.75, 3.05) is 37.4 Å². The lowest BCUT2D eigenvalue weighted by atomic mass is 10.0. The molecule has 0 aromatic heterocycles. The van der Waals surface area contributed by atoms with Gasteiger partial charge in [-0.1, -0.05) is 44.2 Å². The van der Waals surface area contributed by atoms with E-state index in [0.717, 1.165) is 0 Å². The van der Waals surface area contributed by atoms with Crippen molar-refractivity contribution in [1.82, 2.24) is 37.2 Å². The van der Waals surface area contributed by atoms with Crippen molar-refractivity contribution >= 4 is 72.2 Å². The minimum Gasteiger partial charge on any atom is -0.480 e. The molecule has 0 radical (unpaired) electrons. The van der Waals surface area contributed by atoms with Gasteiger partial charge in [-0.05, 0) is 36.3 Å². The van der Waals surface area contributed by atoms with Gasteiger partial charge in [0.2, 0.25) is 41.9 Å². The predicted octanol–water partition coefficient (Wildman–Crippen LogP) is -2.04. The Morgan fingerprint density at radius 1 is 0.771 bits per heavy atom. The number of amides is 7. The quantitative estimate of drug-likeness (QED) is 0.0445. The standard InChI is InChI=1S/C30H45N7O9S2/c1-18(2)11-21(36-28(43)20(34-17-38)9-10-48-3)29(44)37-22(12-19-7-5-4-6-8-19)27(42)33-14-25(40)31-13-24(39)32-15-26(41)35-23(16-47)30(45)46/h4-8,17-18,20-23,47H,9-16H2,1-3H3,(H,31,40)(H,32,39)(H,33,42)(H,34,38)(H,35,41)(H,36,43)(H,37,44)(H,45,46)/t20-,21-,22-,23-/m0/s1. The van der Waals surface area contributed by atoms with Gasteiger partial charge in [0.15, 0.2) is 0 Å². The number of rotatable bonds is 23. The fourth-order valence-corrected chi connectivity index (χ4v) is 4.84. The van der Waals surface area contributed by atoms with Gasteiger partial charge in [0.25, 0.3) is 0 Å². The molecule has 266 valence electrons. The molecule has 0 fully saturated rings. The monoisotopic (exact) mass is 711 g/mol. The highest BCUT2D eigenvalue weighted by Crippen LogP contribution is 2.09. The van der Waals surface area contributed by atoms with Gasteiger partial charge in [0.05, 0.1) is 19.6 Å². The first kappa shape index (κ1) is 41.7. The van der Waals surface area contributed by atoms with E-state index in [1.807, 2.05) is 20.1 Å². The minimum absolute atomic E-state index is 0.0175. The van der Waals surface area contributed by atoms with Crippen LogP contribution in [0.5, 0.6) is 0 Å². The summed E-state index contributed by atoms with van der Waals surface area (Å²) in [6.07, 6.45) is 2.94. The first-order valence-corrected chi connectivity index (χ1v) is 17.1. The number of carbonyl (C=O) groups is 8. The molecule has 0 unspecified atom stereocenters. The summed E-state index contributed by atoms with van der Waals surface area (Å²) >= 11 is 5.33. The molecule has 0 aliphatic heterocycles. The lowest BCUT2D eigenvalue weighted by Crippen LogP contribution is -2.57. The molecule has 1 rings (SSSR count). The fraction of sp³-hybridized carbons (Fsp3) is 0.533. The molecule has 48 heavy (non-hydrogen) atoms. The van der Waals surface area contributed by atoms with E-state index in [0.29, 0.717) is 24.1 Å². The van der Waals surface area contributed by atoms with E-state index in [1.165, 1.54) is 11.8 Å². The Labute approximate surface area is 288 Å². The Morgan fingerprint density at radius 3 is 1.88 bits per heavy atom. The lowest BCUT2D eigenvalue weighted by molar-refractivity contribution is -0.141. The molecule has 0 saturated heterocycles. The molecule has 16 nitrogen and oxygen atoms in total. The first-order valence-electron chi connectivity index (χ1n) is 15.1. The van der Waals surface area contributed by atoms with Crippen molar-refractivity contribution in [3.05, 3.63) is 35.9 Å². The fourth-order valence-electron chi connectivity index (χ4n) is 4.12. The van der Waals surface area contributed by atoms with Crippen LogP contribution >= 0.6 is 24.4 Å². The molecule has 4 atom stereocenters. The van der Waals surface area contributed by atoms with Gasteiger partial charge < -0.3 is 42.3 Å². The average molecular weight is 712 g/mol. The summed E-state index contributed by atoms with van der Waals surface area (Å²) in [7, 11) is 0. The van der Waals surface area contributed by atoms with Crippen molar-refractivity contribution in [3.63, 3.8) is 0 Å². The topological polar surface area (TPSA) is 241 Å². The van der Waals surface area contributed by atoms with Gasteiger partial charge in [-0.3, -0.25) is 33.6 Å². The molecular formula is C30H45N7O9S2. The Balaban J connectivity index is 2.85. The minimum atomic E-state index is -1.29. The molecule has 0 spiro atoms. The number of nitrogens with one attached hydrogen (secondary N) is 7. The highest BCUT2D eigenvalue weighted by molar-refractivity contribution is 7.98. The number of hydrogen-bond acceptors (Lipinski definition) is 10. The second kappa shape index (κ2) is 23.1. The third-order valence-electron chi connectivity index (χ3n) is 6.58. The number of hydrogen-bond donors (Lipinski definition) is 9. The van der Waals surface area contributed by atoms with Crippen LogP contribution in [0.3, 0.4) is 0 Å². The van der Waals surface area contributed by atoms with E-state index in [-0.39, 0.29) is 24.5 Å². The van der Waals surface area contributed by atoms with E-state index >= 15 is 0 Å². The molecule has 0 saturated carbocycles. The Kier molecular flexibility index (Phi) is 20.1. The summed E-state index contributed by atoms with van der Waals surface area (Å²) in [4.78, 5) is 97.9. The first-order chi connectivity index (χ1) is 22.8. The van der Waals surface area contributed by atoms with Crippen molar-refractivity contribution in [1.29, 1.82) is 0 Å². The van der Waals surface area contributed by atoms with E-state index in [1.54, 1.807) is 30.3 Å². The van der Waals surface area contributed by atoms with E-state index in [9.17, 15) is 38.4 Å². The molecule has 0 aliphatic carbocycles. The Bertz CT molecular complexity index is 1250. The largest absolute Gasteiger partial charge is 0.480 e. The summed E-state index contributed by atoms with van der Waals surface area (Å²) in [5, 5.41) is 25.9. The third kappa shape index (κ3) is 17.0. The number of benzene rings is 1. The smallest absolute Gasteiger partial charge is 0.327 e. The number of carbonyl (C=O) groups excluding carboxylic acids is 7. The molecule has 7 amide bonds. The molecule has 0 bridgehead atoms. The van der Waals surface area contributed by atoms with Gasteiger partial charge >= 0.3 is 5.97 Å². The maximum atomic E-state index is 13.5. The van der Waals surface area contributed by atoms with Crippen LogP contribution in [0.2, 0.25) is 0 Å². The second-order valence-electron chi connectivity index (χ2n) is 11.0. The summed E-state index contributed by atoms with van der Waals surface area (Å²) in [5.41, 5.74) is 0.712. The predicted molar refractivity (Wildman–Crippen MR) is 182 cm³/mol. The van der Waals surface area contributed by atoms with Crippen LogP contribution in [0.15, 0.2) is 30.3 Å². The van der Waals surface area contributed by atoms with Crippen molar-refractivity contribution in [2.24, 2.45) is 5.92 Å². The molecule has 8 N–H and O–H groups in total. The van der Waals surface area contributed by atoms with Gasteiger partial charge in [0, 0.05) is 12.2 Å². The molecular weight excluding hydrogens is 667 g/mol. The highest BCUT2D eigenvalue weighted by atomic mass is 32.2. The summed E-state index contributed by atoms with van der Waals surface area (Å²) < 4.78 is 0. The van der Waals surface area contributed by atoms with E-state index in [4.69, 9.17) is 5.11 Å². The third-order valence-corrected chi connectivity index (χ3v) is 7.59. The SMILES string of the molecule is CSCC[C@H](NC=O)C(=O)N[C@@H](CC(C)C)C(=O)N[C@@H](Cc1ccccc1)C(=O)NCC(=O)NCC(=O)NCC(=O)N[C@@H](CS)C(=O)O. The van der Waals surface area contributed by atoms with Crippen molar-refractivity contribution in [2.45, 2.75) is 57.3 Å². The van der Waals surface area contributed by atoms with E-state index in [2.05, 4.69) is 49.8 Å². The van der Waals surface area contributed by atoms with Crippen LogP contribution in [0.4, 0.5) is 0 Å². The number of carboxylic acid groups (broad SMARTS) is 1. The Hall–Kier alpha value is -4.32. The normalized spacial score (nSPS) is 13.1. The number of thiol groups is 1. The summed E-state index contributed by atoms with van der Waals surface area (Å²) in [5.74, 6) is -4.97. The molecule has 0 heterocycles. The Morgan fingerprint density at radius 2 is 1.33 bits per heavy atom. The molecule has 0 aliphatic rings. The van der Waals surface area contributed by atoms with Gasteiger partial charge in [-0.2, -0.15) is 24.4 Å². The summed E-state index contributed by atoms with van der Waals surface area (Å²) in [6, 6.07) is 4.57. The van der Waals surface area contributed by atoms with Crippen LogP contribution in [0, 0.1) is 5.92 Å². The zero-order chi connectivity index (χ0) is 36.1. The zero-order valence-corrected chi connectivity index (χ0v) is 28.8. The van der Waals surface area contributed by atoms with Gasteiger partial charge in [-0.15, -0.1) is 0 Å². The van der Waals surface area contributed by atoms with Gasteiger partial charge in [-0.25, -0.2) is 4.79 Å². The van der Waals surface area contributed by atoms with Crippen LogP contribution in [-0.4, -0.2) is 114 Å². The van der Waals surface area contributed by atoms with E-state index < -0.39 is 85.2 Å². The maximum absolute atomic E-state index is 13.5. The van der Waals surface area contributed by atoms with Crippen LogP contribution in [-0.2, 0) is 44.8 Å².